The fraction of sp³-hybridized carbons (Fsp3) is 0.300. The Kier molecular flexibility index (Phi) is 6.78. The Balaban J connectivity index is 2.14. The lowest BCUT2D eigenvalue weighted by molar-refractivity contribution is -0.131. The summed E-state index contributed by atoms with van der Waals surface area (Å²) in [5.41, 5.74) is 1.20. The number of carbonyl (C=O) groups excluding carboxylic acids is 1. The SMILES string of the molecule is COc1ccccc1C(C)N(C)C(=O)CN(C)S(=O)(=O)c1ccc(C#N)cc1. The van der Waals surface area contributed by atoms with Gasteiger partial charge < -0.3 is 9.64 Å². The Bertz CT molecular complexity index is 981. The standard InChI is InChI=1S/C20H23N3O4S/c1-15(18-7-5-6-8-19(18)27-4)23(3)20(24)14-22(2)28(25,26)17-11-9-16(13-21)10-12-17/h5-12,15H,14H2,1-4H3. The summed E-state index contributed by atoms with van der Waals surface area (Å²) in [4.78, 5) is 14.2. The van der Waals surface area contributed by atoms with Crippen LogP contribution in [0.1, 0.15) is 24.1 Å². The molecular weight excluding hydrogens is 378 g/mol. The van der Waals surface area contributed by atoms with Crippen molar-refractivity contribution in [2.45, 2.75) is 17.9 Å². The van der Waals surface area contributed by atoms with Crippen LogP contribution in [0.3, 0.4) is 0 Å². The summed E-state index contributed by atoms with van der Waals surface area (Å²) in [6.07, 6.45) is 0. The second kappa shape index (κ2) is 8.87. The molecule has 2 rings (SSSR count). The van der Waals surface area contributed by atoms with Crippen LogP contribution < -0.4 is 4.74 Å². The quantitative estimate of drug-likeness (QED) is 0.711. The number of nitriles is 1. The molecule has 7 nitrogen and oxygen atoms in total. The first-order valence-corrected chi connectivity index (χ1v) is 10.0. The maximum Gasteiger partial charge on any atom is 0.243 e. The molecule has 0 saturated heterocycles. The third kappa shape index (κ3) is 4.50. The predicted molar refractivity (Wildman–Crippen MR) is 105 cm³/mol. The Morgan fingerprint density at radius 2 is 1.75 bits per heavy atom. The lowest BCUT2D eigenvalue weighted by atomic mass is 10.1. The third-order valence-corrected chi connectivity index (χ3v) is 6.43. The molecule has 0 saturated carbocycles. The van der Waals surface area contributed by atoms with E-state index in [0.717, 1.165) is 9.87 Å². The maximum atomic E-state index is 12.7. The molecule has 1 unspecified atom stereocenters. The molecule has 1 amide bonds. The number of likely N-dealkylation sites (N-methyl/N-ethyl adjacent to an activating group) is 2. The van der Waals surface area contributed by atoms with Crippen molar-refractivity contribution in [3.05, 3.63) is 59.7 Å². The van der Waals surface area contributed by atoms with Gasteiger partial charge in [0.1, 0.15) is 5.75 Å². The fourth-order valence-electron chi connectivity index (χ4n) is 2.70. The van der Waals surface area contributed by atoms with Crippen LogP contribution in [-0.2, 0) is 14.8 Å². The lowest BCUT2D eigenvalue weighted by Gasteiger charge is -2.28. The summed E-state index contributed by atoms with van der Waals surface area (Å²) in [6.45, 7) is 1.54. The molecule has 0 heterocycles. The van der Waals surface area contributed by atoms with Crippen LogP contribution in [0, 0.1) is 11.3 Å². The van der Waals surface area contributed by atoms with E-state index in [1.807, 2.05) is 37.3 Å². The van der Waals surface area contributed by atoms with E-state index in [9.17, 15) is 13.2 Å². The molecule has 148 valence electrons. The topological polar surface area (TPSA) is 90.7 Å². The minimum atomic E-state index is -3.84. The predicted octanol–water partition coefficient (Wildman–Crippen LogP) is 2.41. The molecule has 0 aromatic heterocycles. The number of carbonyl (C=O) groups is 1. The summed E-state index contributed by atoms with van der Waals surface area (Å²) in [5.74, 6) is 0.311. The van der Waals surface area contributed by atoms with Gasteiger partial charge in [-0.15, -0.1) is 0 Å². The molecule has 0 aliphatic carbocycles. The van der Waals surface area contributed by atoms with Crippen molar-refractivity contribution in [3.8, 4) is 11.8 Å². The summed E-state index contributed by atoms with van der Waals surface area (Å²) in [6, 6.07) is 14.6. The van der Waals surface area contributed by atoms with E-state index >= 15 is 0 Å². The highest BCUT2D eigenvalue weighted by Gasteiger charge is 2.26. The highest BCUT2D eigenvalue weighted by Crippen LogP contribution is 2.28. The number of ether oxygens (including phenoxy) is 1. The van der Waals surface area contributed by atoms with Gasteiger partial charge in [-0.25, -0.2) is 8.42 Å². The average Bonchev–Trinajstić information content (AvgIpc) is 2.72. The van der Waals surface area contributed by atoms with E-state index in [1.54, 1.807) is 14.2 Å². The van der Waals surface area contributed by atoms with E-state index in [1.165, 1.54) is 36.2 Å². The molecule has 28 heavy (non-hydrogen) atoms. The highest BCUT2D eigenvalue weighted by molar-refractivity contribution is 7.89. The number of sulfonamides is 1. The number of hydrogen-bond acceptors (Lipinski definition) is 5. The molecule has 0 N–H and O–H groups in total. The zero-order chi connectivity index (χ0) is 20.9. The number of para-hydroxylation sites is 1. The van der Waals surface area contributed by atoms with Crippen molar-refractivity contribution in [1.82, 2.24) is 9.21 Å². The van der Waals surface area contributed by atoms with Gasteiger partial charge in [0, 0.05) is 19.7 Å². The first kappa shape index (κ1) is 21.4. The van der Waals surface area contributed by atoms with Crippen molar-refractivity contribution < 1.29 is 17.9 Å². The first-order chi connectivity index (χ1) is 13.2. The molecule has 1 atom stereocenters. The van der Waals surface area contributed by atoms with Crippen LogP contribution in [0.15, 0.2) is 53.4 Å². The van der Waals surface area contributed by atoms with Crippen molar-refractivity contribution in [1.29, 1.82) is 5.26 Å². The van der Waals surface area contributed by atoms with Crippen LogP contribution >= 0.6 is 0 Å². The number of nitrogens with zero attached hydrogens (tertiary/aromatic N) is 3. The molecule has 0 bridgehead atoms. The first-order valence-electron chi connectivity index (χ1n) is 8.57. The van der Waals surface area contributed by atoms with Crippen molar-refractivity contribution in [3.63, 3.8) is 0 Å². The normalized spacial score (nSPS) is 12.3. The monoisotopic (exact) mass is 401 g/mol. The van der Waals surface area contributed by atoms with Gasteiger partial charge in [0.2, 0.25) is 15.9 Å². The van der Waals surface area contributed by atoms with E-state index in [2.05, 4.69) is 0 Å². The van der Waals surface area contributed by atoms with Gasteiger partial charge in [-0.05, 0) is 37.3 Å². The van der Waals surface area contributed by atoms with E-state index < -0.39 is 10.0 Å². The van der Waals surface area contributed by atoms with Gasteiger partial charge in [-0.2, -0.15) is 9.57 Å². The zero-order valence-corrected chi connectivity index (χ0v) is 17.1. The highest BCUT2D eigenvalue weighted by atomic mass is 32.2. The van der Waals surface area contributed by atoms with Crippen LogP contribution in [-0.4, -0.2) is 51.3 Å². The Labute approximate surface area is 165 Å². The maximum absolute atomic E-state index is 12.7. The van der Waals surface area contributed by atoms with Crippen molar-refractivity contribution in [2.75, 3.05) is 27.7 Å². The Hall–Kier alpha value is -2.89. The summed E-state index contributed by atoms with van der Waals surface area (Å²) in [5, 5.41) is 8.83. The molecule has 8 heteroatoms. The van der Waals surface area contributed by atoms with Gasteiger partial charge in [-0.1, -0.05) is 18.2 Å². The molecule has 0 spiro atoms. The van der Waals surface area contributed by atoms with Crippen LogP contribution in [0.4, 0.5) is 0 Å². The summed E-state index contributed by atoms with van der Waals surface area (Å²) >= 11 is 0. The zero-order valence-electron chi connectivity index (χ0n) is 16.3. The van der Waals surface area contributed by atoms with E-state index in [0.29, 0.717) is 11.3 Å². The number of hydrogen-bond donors (Lipinski definition) is 0. The minimum absolute atomic E-state index is 0.0298. The second-order valence-corrected chi connectivity index (χ2v) is 8.36. The smallest absolute Gasteiger partial charge is 0.243 e. The molecule has 2 aromatic carbocycles. The summed E-state index contributed by atoms with van der Waals surface area (Å²) < 4.78 is 31.7. The number of benzene rings is 2. The van der Waals surface area contributed by atoms with E-state index in [-0.39, 0.29) is 23.4 Å². The largest absolute Gasteiger partial charge is 0.496 e. The van der Waals surface area contributed by atoms with Crippen molar-refractivity contribution >= 4 is 15.9 Å². The average molecular weight is 401 g/mol. The second-order valence-electron chi connectivity index (χ2n) is 6.32. The van der Waals surface area contributed by atoms with Gasteiger partial charge >= 0.3 is 0 Å². The Morgan fingerprint density at radius 3 is 2.32 bits per heavy atom. The molecule has 0 aliphatic heterocycles. The molecule has 0 aliphatic rings. The summed E-state index contributed by atoms with van der Waals surface area (Å²) in [7, 11) is 0.698. The van der Waals surface area contributed by atoms with Crippen LogP contribution in [0.25, 0.3) is 0 Å². The lowest BCUT2D eigenvalue weighted by Crippen LogP contribution is -2.40. The Morgan fingerprint density at radius 1 is 1.14 bits per heavy atom. The van der Waals surface area contributed by atoms with Gasteiger partial charge in [0.25, 0.3) is 0 Å². The fourth-order valence-corrected chi connectivity index (χ4v) is 3.82. The molecule has 0 fully saturated rings. The molecule has 2 aromatic rings. The van der Waals surface area contributed by atoms with Gasteiger partial charge in [0.15, 0.2) is 0 Å². The number of methoxy groups -OCH3 is 1. The van der Waals surface area contributed by atoms with Crippen molar-refractivity contribution in [2.24, 2.45) is 0 Å². The molecule has 0 radical (unpaired) electrons. The van der Waals surface area contributed by atoms with E-state index in [4.69, 9.17) is 10.00 Å². The third-order valence-electron chi connectivity index (χ3n) is 4.61. The van der Waals surface area contributed by atoms with Gasteiger partial charge in [0.05, 0.1) is 36.2 Å². The van der Waals surface area contributed by atoms with Gasteiger partial charge in [-0.3, -0.25) is 4.79 Å². The van der Waals surface area contributed by atoms with Crippen LogP contribution in [0.5, 0.6) is 5.75 Å². The molecular formula is C20H23N3O4S. The number of rotatable bonds is 7. The van der Waals surface area contributed by atoms with Crippen LogP contribution in [0.2, 0.25) is 0 Å². The number of amides is 1. The minimum Gasteiger partial charge on any atom is -0.496 e.